The lowest BCUT2D eigenvalue weighted by Crippen LogP contribution is -2.28. The van der Waals surface area contributed by atoms with Gasteiger partial charge in [0.2, 0.25) is 0 Å². The Morgan fingerprint density at radius 3 is 1.78 bits per heavy atom. The van der Waals surface area contributed by atoms with Gasteiger partial charge >= 0.3 is 0 Å². The van der Waals surface area contributed by atoms with Crippen molar-refractivity contribution in [2.75, 3.05) is 0 Å². The average Bonchev–Trinajstić information content (AvgIpc) is 3.59. The second-order valence-corrected chi connectivity index (χ2v) is 13.8. The van der Waals surface area contributed by atoms with Crippen molar-refractivity contribution in [3.8, 4) is 27.9 Å². The lowest BCUT2D eigenvalue weighted by atomic mass is 9.68. The van der Waals surface area contributed by atoms with E-state index in [0.717, 1.165) is 14.5 Å². The summed E-state index contributed by atoms with van der Waals surface area (Å²) in [6.07, 6.45) is 0. The van der Waals surface area contributed by atoms with Crippen LogP contribution in [-0.4, -0.2) is 4.57 Å². The first-order valence-electron chi connectivity index (χ1n) is 15.5. The summed E-state index contributed by atoms with van der Waals surface area (Å²) in [5.41, 5.74) is 13.2. The molecule has 0 fully saturated rings. The predicted molar refractivity (Wildman–Crippen MR) is 199 cm³/mol. The van der Waals surface area contributed by atoms with Gasteiger partial charge in [-0.25, -0.2) is 0 Å². The maximum absolute atomic E-state index is 3.70. The van der Waals surface area contributed by atoms with E-state index in [9.17, 15) is 0 Å². The van der Waals surface area contributed by atoms with Crippen LogP contribution in [0.25, 0.3) is 49.7 Å². The quantitative estimate of drug-likeness (QED) is 0.171. The molecule has 1 nitrogen and oxygen atoms in total. The number of hydrogen-bond acceptors (Lipinski definition) is 0. The van der Waals surface area contributed by atoms with Gasteiger partial charge in [0.1, 0.15) is 0 Å². The summed E-state index contributed by atoms with van der Waals surface area (Å²) in [7, 11) is 0. The SMILES string of the molecule is Brc1cc(Br)cc(-c2ccc3c4ccccc4n(-c4cccc5c4-c4ccccc4C5(c4ccccc4)c4ccccc4)c3c2)c1. The van der Waals surface area contributed by atoms with Crippen molar-refractivity contribution in [3.63, 3.8) is 0 Å². The first kappa shape index (κ1) is 27.6. The molecule has 0 saturated carbocycles. The number of aromatic nitrogens is 1. The van der Waals surface area contributed by atoms with Gasteiger partial charge in [-0.3, -0.25) is 0 Å². The van der Waals surface area contributed by atoms with Crippen molar-refractivity contribution in [1.29, 1.82) is 0 Å². The van der Waals surface area contributed by atoms with Gasteiger partial charge in [0.15, 0.2) is 0 Å². The topological polar surface area (TPSA) is 4.93 Å². The molecule has 7 aromatic carbocycles. The Labute approximate surface area is 285 Å². The van der Waals surface area contributed by atoms with Gasteiger partial charge in [-0.1, -0.05) is 159 Å². The molecular weight excluding hydrogens is 690 g/mol. The van der Waals surface area contributed by atoms with E-state index in [1.54, 1.807) is 0 Å². The van der Waals surface area contributed by atoms with Crippen LogP contribution in [0, 0.1) is 0 Å². The number of hydrogen-bond donors (Lipinski definition) is 0. The molecular formula is C43H27Br2N. The number of benzene rings is 7. The Balaban J connectivity index is 1.41. The van der Waals surface area contributed by atoms with Crippen LogP contribution >= 0.6 is 31.9 Å². The molecule has 0 N–H and O–H groups in total. The van der Waals surface area contributed by atoms with E-state index in [0.29, 0.717) is 0 Å². The summed E-state index contributed by atoms with van der Waals surface area (Å²) in [6, 6.07) is 60.1. The van der Waals surface area contributed by atoms with Crippen LogP contribution < -0.4 is 0 Å². The molecule has 0 saturated heterocycles. The third-order valence-corrected chi connectivity index (χ3v) is 10.5. The minimum atomic E-state index is -0.447. The molecule has 0 atom stereocenters. The number of fused-ring (bicyclic) bond motifs is 6. The van der Waals surface area contributed by atoms with E-state index in [2.05, 4.69) is 200 Å². The van der Waals surface area contributed by atoms with Crippen molar-refractivity contribution < 1.29 is 0 Å². The molecule has 0 unspecified atom stereocenters. The molecule has 0 radical (unpaired) electrons. The van der Waals surface area contributed by atoms with Gasteiger partial charge in [0.05, 0.1) is 22.1 Å². The molecule has 1 aromatic heterocycles. The smallest absolute Gasteiger partial charge is 0.0714 e. The van der Waals surface area contributed by atoms with Crippen molar-refractivity contribution >= 4 is 53.7 Å². The number of para-hydroxylation sites is 1. The highest BCUT2D eigenvalue weighted by atomic mass is 79.9. The van der Waals surface area contributed by atoms with E-state index < -0.39 is 5.41 Å². The fraction of sp³-hybridized carbons (Fsp3) is 0.0233. The molecule has 1 heterocycles. The molecule has 8 aromatic rings. The Morgan fingerprint density at radius 1 is 0.435 bits per heavy atom. The van der Waals surface area contributed by atoms with Crippen LogP contribution in [0.5, 0.6) is 0 Å². The zero-order chi connectivity index (χ0) is 30.8. The summed E-state index contributed by atoms with van der Waals surface area (Å²) >= 11 is 7.40. The monoisotopic (exact) mass is 715 g/mol. The number of rotatable bonds is 4. The summed E-state index contributed by atoms with van der Waals surface area (Å²) in [5.74, 6) is 0. The molecule has 3 heteroatoms. The Hall–Kier alpha value is -4.70. The highest BCUT2D eigenvalue weighted by Gasteiger charge is 2.47. The maximum Gasteiger partial charge on any atom is 0.0714 e. The average molecular weight is 718 g/mol. The molecule has 0 bridgehead atoms. The molecule has 0 amide bonds. The Bertz CT molecular complexity index is 2380. The van der Waals surface area contributed by atoms with E-state index in [-0.39, 0.29) is 0 Å². The predicted octanol–water partition coefficient (Wildman–Crippen LogP) is 12.3. The summed E-state index contributed by atoms with van der Waals surface area (Å²) in [6.45, 7) is 0. The van der Waals surface area contributed by atoms with E-state index >= 15 is 0 Å². The van der Waals surface area contributed by atoms with Crippen molar-refractivity contribution in [2.45, 2.75) is 5.41 Å². The zero-order valence-electron chi connectivity index (χ0n) is 24.8. The second-order valence-electron chi connectivity index (χ2n) is 12.0. The molecule has 0 spiro atoms. The molecule has 9 rings (SSSR count). The molecule has 1 aliphatic rings. The molecule has 0 aliphatic heterocycles. The van der Waals surface area contributed by atoms with Crippen LogP contribution in [-0.2, 0) is 5.41 Å². The fourth-order valence-corrected chi connectivity index (χ4v) is 9.08. The molecule has 1 aliphatic carbocycles. The first-order valence-corrected chi connectivity index (χ1v) is 17.1. The molecule has 218 valence electrons. The lowest BCUT2D eigenvalue weighted by molar-refractivity contribution is 0.768. The van der Waals surface area contributed by atoms with Gasteiger partial charge in [-0.2, -0.15) is 0 Å². The second kappa shape index (κ2) is 10.7. The third-order valence-electron chi connectivity index (χ3n) is 9.57. The normalized spacial score (nSPS) is 13.2. The molecule has 46 heavy (non-hydrogen) atoms. The van der Waals surface area contributed by atoms with Crippen molar-refractivity contribution in [1.82, 2.24) is 4.57 Å². The van der Waals surface area contributed by atoms with Gasteiger partial charge in [-0.05, 0) is 75.3 Å². The van der Waals surface area contributed by atoms with Crippen LogP contribution in [0.4, 0.5) is 0 Å². The lowest BCUT2D eigenvalue weighted by Gasteiger charge is -2.34. The van der Waals surface area contributed by atoms with Crippen LogP contribution in [0.15, 0.2) is 173 Å². The van der Waals surface area contributed by atoms with Crippen LogP contribution in [0.2, 0.25) is 0 Å². The standard InChI is InChI=1S/C43H27Br2N/c44-32-24-29(25-33(45)27-32)28-22-23-35-34-16-8-10-20-39(34)46(41(35)26-28)40-21-11-19-38-42(40)36-17-7-9-18-37(36)43(38,30-12-3-1-4-13-30)31-14-5-2-6-15-31/h1-27H. The largest absolute Gasteiger partial charge is 0.309 e. The highest BCUT2D eigenvalue weighted by Crippen LogP contribution is 2.58. The number of nitrogens with zero attached hydrogens (tertiary/aromatic N) is 1. The fourth-order valence-electron chi connectivity index (χ4n) is 7.79. The Kier molecular flexibility index (Phi) is 6.41. The third kappa shape index (κ3) is 3.98. The summed E-state index contributed by atoms with van der Waals surface area (Å²) < 4.78 is 4.59. The van der Waals surface area contributed by atoms with Crippen LogP contribution in [0.1, 0.15) is 22.3 Å². The van der Waals surface area contributed by atoms with Crippen molar-refractivity contribution in [3.05, 3.63) is 195 Å². The van der Waals surface area contributed by atoms with E-state index in [1.165, 1.54) is 66.4 Å². The van der Waals surface area contributed by atoms with Gasteiger partial charge in [-0.15, -0.1) is 0 Å². The highest BCUT2D eigenvalue weighted by molar-refractivity contribution is 9.11. The van der Waals surface area contributed by atoms with Crippen molar-refractivity contribution in [2.24, 2.45) is 0 Å². The van der Waals surface area contributed by atoms with Gasteiger partial charge in [0.25, 0.3) is 0 Å². The first-order chi connectivity index (χ1) is 22.6. The summed E-state index contributed by atoms with van der Waals surface area (Å²) in [4.78, 5) is 0. The minimum Gasteiger partial charge on any atom is -0.309 e. The zero-order valence-corrected chi connectivity index (χ0v) is 28.0. The summed E-state index contributed by atoms with van der Waals surface area (Å²) in [5, 5.41) is 2.50. The maximum atomic E-state index is 3.70. The van der Waals surface area contributed by atoms with E-state index in [1.807, 2.05) is 0 Å². The minimum absolute atomic E-state index is 0.447. The Morgan fingerprint density at radius 2 is 1.04 bits per heavy atom. The van der Waals surface area contributed by atoms with Gasteiger partial charge < -0.3 is 4.57 Å². The van der Waals surface area contributed by atoms with Gasteiger partial charge in [0, 0.05) is 25.3 Å². The van der Waals surface area contributed by atoms with Crippen LogP contribution in [0.3, 0.4) is 0 Å². The number of halogens is 2. The van der Waals surface area contributed by atoms with E-state index in [4.69, 9.17) is 0 Å².